The summed E-state index contributed by atoms with van der Waals surface area (Å²) in [6.45, 7) is 3.61. The molecule has 3 N–H and O–H groups in total. The zero-order valence-electron chi connectivity index (χ0n) is 17.5. The van der Waals surface area contributed by atoms with Crippen molar-refractivity contribution in [3.8, 4) is 0 Å². The summed E-state index contributed by atoms with van der Waals surface area (Å²) >= 11 is 0. The number of anilines is 1. The van der Waals surface area contributed by atoms with Crippen molar-refractivity contribution in [1.29, 1.82) is 0 Å². The largest absolute Gasteiger partial charge is 0.341 e. The van der Waals surface area contributed by atoms with Gasteiger partial charge in [-0.05, 0) is 25.8 Å². The maximum atomic E-state index is 12.8. The fourth-order valence-electron chi connectivity index (χ4n) is 4.31. The van der Waals surface area contributed by atoms with Gasteiger partial charge in [0.15, 0.2) is 11.2 Å². The van der Waals surface area contributed by atoms with Gasteiger partial charge in [-0.25, -0.2) is 14.8 Å². The predicted octanol–water partition coefficient (Wildman–Crippen LogP) is 0.651. The third-order valence-corrected chi connectivity index (χ3v) is 5.87. The predicted molar refractivity (Wildman–Crippen MR) is 118 cm³/mol. The second kappa shape index (κ2) is 7.31. The number of nitrogens with one attached hydrogen (secondary N) is 1. The van der Waals surface area contributed by atoms with Gasteiger partial charge in [-0.15, -0.1) is 0 Å². The molecular weight excluding hydrogens is 396 g/mol. The number of nitrogens with zero attached hydrogens (tertiary/aromatic N) is 6. The highest BCUT2D eigenvalue weighted by Gasteiger charge is 2.25. The maximum absolute atomic E-state index is 12.8. The molecule has 1 aliphatic rings. The van der Waals surface area contributed by atoms with Crippen molar-refractivity contribution < 1.29 is 0 Å². The number of fused-ring (bicyclic) bond motifs is 2. The van der Waals surface area contributed by atoms with E-state index in [9.17, 15) is 9.59 Å². The van der Waals surface area contributed by atoms with Crippen LogP contribution in [0.3, 0.4) is 0 Å². The molecule has 0 unspecified atom stereocenters. The summed E-state index contributed by atoms with van der Waals surface area (Å²) in [4.78, 5) is 43.5. The molecule has 160 valence electrons. The average Bonchev–Trinajstić information content (AvgIpc) is 3.12. The lowest BCUT2D eigenvalue weighted by Crippen LogP contribution is -2.44. The van der Waals surface area contributed by atoms with Gasteiger partial charge in [0.2, 0.25) is 5.95 Å². The van der Waals surface area contributed by atoms with Crippen molar-refractivity contribution in [1.82, 2.24) is 29.1 Å². The number of rotatable bonds is 3. The van der Waals surface area contributed by atoms with Crippen LogP contribution in [0.4, 0.5) is 5.95 Å². The topological polar surface area (TPSA) is 128 Å². The van der Waals surface area contributed by atoms with Crippen LogP contribution in [0.2, 0.25) is 0 Å². The standard InChI is InChI=1S/C21H24N8O2/c1-12-14-7-3-4-8-15(14)24-16(23-12)11-29-17-18(27(2)21(31)26-19(17)30)25-20(29)28-9-5-6-13(22)10-28/h3-4,7-8,13H,5-6,9-11,22H2,1-2H3,(H,26,30,31)/t13-/m1/s1. The summed E-state index contributed by atoms with van der Waals surface area (Å²) in [5, 5.41) is 0.990. The van der Waals surface area contributed by atoms with E-state index in [4.69, 9.17) is 15.7 Å². The number of aryl methyl sites for hydroxylation is 2. The molecule has 0 aliphatic carbocycles. The monoisotopic (exact) mass is 420 g/mol. The lowest BCUT2D eigenvalue weighted by molar-refractivity contribution is 0.495. The van der Waals surface area contributed by atoms with Crippen LogP contribution in [0.5, 0.6) is 0 Å². The van der Waals surface area contributed by atoms with Gasteiger partial charge in [0.1, 0.15) is 5.82 Å². The van der Waals surface area contributed by atoms with E-state index in [0.29, 0.717) is 29.5 Å². The lowest BCUT2D eigenvalue weighted by Gasteiger charge is -2.31. The van der Waals surface area contributed by atoms with Crippen LogP contribution in [0.25, 0.3) is 22.1 Å². The van der Waals surface area contributed by atoms with Crippen molar-refractivity contribution in [2.24, 2.45) is 12.8 Å². The highest BCUT2D eigenvalue weighted by atomic mass is 16.2. The van der Waals surface area contributed by atoms with Crippen LogP contribution in [0.15, 0.2) is 33.9 Å². The number of hydrogen-bond donors (Lipinski definition) is 2. The first kappa shape index (κ1) is 19.4. The Kier molecular flexibility index (Phi) is 4.58. The SMILES string of the molecule is Cc1nc(Cn2c(N3CCC[C@@H](N)C3)nc3c2c(=O)[nH]c(=O)n3C)nc2ccccc12. The zero-order chi connectivity index (χ0) is 21.7. The number of piperidine rings is 1. The Hall–Kier alpha value is -3.53. The Morgan fingerprint density at radius 2 is 2.00 bits per heavy atom. The highest BCUT2D eigenvalue weighted by Crippen LogP contribution is 2.24. The Bertz CT molecular complexity index is 1420. The Labute approximate surface area is 177 Å². The molecule has 1 atom stereocenters. The van der Waals surface area contributed by atoms with Gasteiger partial charge in [-0.3, -0.25) is 18.9 Å². The maximum Gasteiger partial charge on any atom is 0.329 e. The van der Waals surface area contributed by atoms with Gasteiger partial charge < -0.3 is 10.6 Å². The summed E-state index contributed by atoms with van der Waals surface area (Å²) < 4.78 is 3.16. The molecule has 4 heterocycles. The van der Waals surface area contributed by atoms with Gasteiger partial charge >= 0.3 is 5.69 Å². The molecule has 1 saturated heterocycles. The van der Waals surface area contributed by atoms with Crippen LogP contribution < -0.4 is 21.9 Å². The van der Waals surface area contributed by atoms with Crippen molar-refractivity contribution >= 4 is 28.0 Å². The minimum atomic E-state index is -0.498. The first-order valence-electron chi connectivity index (χ1n) is 10.3. The molecule has 0 radical (unpaired) electrons. The summed E-state index contributed by atoms with van der Waals surface area (Å²) in [6.07, 6.45) is 1.88. The average molecular weight is 420 g/mol. The molecular formula is C21H24N8O2. The second-order valence-corrected chi connectivity index (χ2v) is 8.08. The number of aromatic amines is 1. The summed E-state index contributed by atoms with van der Waals surface area (Å²) in [7, 11) is 1.60. The van der Waals surface area contributed by atoms with Crippen molar-refractivity contribution in [3.05, 3.63) is 56.6 Å². The number of para-hydroxylation sites is 1. The summed E-state index contributed by atoms with van der Waals surface area (Å²) in [5.41, 5.74) is 7.60. The van der Waals surface area contributed by atoms with Crippen LogP contribution in [0, 0.1) is 6.92 Å². The number of imidazole rings is 1. The fraction of sp³-hybridized carbons (Fsp3) is 0.381. The quantitative estimate of drug-likeness (QED) is 0.498. The highest BCUT2D eigenvalue weighted by molar-refractivity contribution is 5.80. The molecule has 0 bridgehead atoms. The molecule has 0 saturated carbocycles. The van der Waals surface area contributed by atoms with Crippen molar-refractivity contribution in [2.45, 2.75) is 32.4 Å². The van der Waals surface area contributed by atoms with Crippen LogP contribution >= 0.6 is 0 Å². The van der Waals surface area contributed by atoms with Crippen LogP contribution in [-0.2, 0) is 13.6 Å². The molecule has 10 nitrogen and oxygen atoms in total. The van der Waals surface area contributed by atoms with E-state index in [2.05, 4.69) is 14.9 Å². The number of aromatic nitrogens is 6. The zero-order valence-corrected chi connectivity index (χ0v) is 17.5. The molecule has 3 aromatic heterocycles. The molecule has 31 heavy (non-hydrogen) atoms. The van der Waals surface area contributed by atoms with Gasteiger partial charge in [-0.2, -0.15) is 4.98 Å². The molecule has 5 rings (SSSR count). The van der Waals surface area contributed by atoms with Gasteiger partial charge in [-0.1, -0.05) is 18.2 Å². The minimum Gasteiger partial charge on any atom is -0.341 e. The smallest absolute Gasteiger partial charge is 0.329 e. The number of benzene rings is 1. The normalized spacial score (nSPS) is 17.0. The summed E-state index contributed by atoms with van der Waals surface area (Å²) in [5.74, 6) is 1.18. The Morgan fingerprint density at radius 1 is 1.19 bits per heavy atom. The number of nitrogens with two attached hydrogens (primary N) is 1. The van der Waals surface area contributed by atoms with E-state index in [1.165, 1.54) is 4.57 Å². The van der Waals surface area contributed by atoms with E-state index >= 15 is 0 Å². The third kappa shape index (κ3) is 3.28. The van der Waals surface area contributed by atoms with Gasteiger partial charge in [0.25, 0.3) is 5.56 Å². The Morgan fingerprint density at radius 3 is 2.81 bits per heavy atom. The van der Waals surface area contributed by atoms with E-state index in [1.54, 1.807) is 11.6 Å². The van der Waals surface area contributed by atoms with E-state index in [1.807, 2.05) is 31.2 Å². The molecule has 0 amide bonds. The third-order valence-electron chi connectivity index (χ3n) is 5.87. The molecule has 4 aromatic rings. The summed E-state index contributed by atoms with van der Waals surface area (Å²) in [6, 6.07) is 7.86. The molecule has 1 fully saturated rings. The van der Waals surface area contributed by atoms with Crippen molar-refractivity contribution in [2.75, 3.05) is 18.0 Å². The Balaban J connectivity index is 1.71. The van der Waals surface area contributed by atoms with E-state index in [-0.39, 0.29) is 12.6 Å². The fourth-order valence-corrected chi connectivity index (χ4v) is 4.31. The molecule has 10 heteroatoms. The molecule has 1 aromatic carbocycles. The lowest BCUT2D eigenvalue weighted by atomic mass is 10.1. The number of hydrogen-bond acceptors (Lipinski definition) is 7. The molecule has 1 aliphatic heterocycles. The first-order chi connectivity index (χ1) is 14.9. The van der Waals surface area contributed by atoms with Crippen LogP contribution in [0.1, 0.15) is 24.4 Å². The van der Waals surface area contributed by atoms with Gasteiger partial charge in [0.05, 0.1) is 12.1 Å². The van der Waals surface area contributed by atoms with Crippen molar-refractivity contribution in [3.63, 3.8) is 0 Å². The minimum absolute atomic E-state index is 0.0308. The van der Waals surface area contributed by atoms with Crippen LogP contribution in [-0.4, -0.2) is 48.2 Å². The second-order valence-electron chi connectivity index (χ2n) is 8.08. The van der Waals surface area contributed by atoms with E-state index < -0.39 is 11.2 Å². The van der Waals surface area contributed by atoms with Gasteiger partial charge in [0, 0.05) is 37.3 Å². The molecule has 0 spiro atoms. The van der Waals surface area contributed by atoms with E-state index in [0.717, 1.165) is 36.0 Å². The first-order valence-corrected chi connectivity index (χ1v) is 10.3. The number of H-pyrrole nitrogens is 1.